The SMILES string of the molecule is Cc1ccc(S(=O)(=O)n2cc(I)c3cc(C(=O)CNC(=O)C4CC4)ccc32)cc1. The van der Waals surface area contributed by atoms with Gasteiger partial charge in [0.05, 0.1) is 17.0 Å². The largest absolute Gasteiger partial charge is 0.348 e. The zero-order valence-corrected chi connectivity index (χ0v) is 18.7. The second kappa shape index (κ2) is 7.56. The molecule has 1 fully saturated rings. The summed E-state index contributed by atoms with van der Waals surface area (Å²) in [4.78, 5) is 24.4. The number of nitrogens with one attached hydrogen (secondary N) is 1. The minimum atomic E-state index is -3.75. The van der Waals surface area contributed by atoms with Crippen molar-refractivity contribution in [1.82, 2.24) is 9.29 Å². The van der Waals surface area contributed by atoms with Gasteiger partial charge in [0.1, 0.15) is 0 Å². The van der Waals surface area contributed by atoms with E-state index in [1.807, 2.05) is 6.92 Å². The number of hydrogen-bond acceptors (Lipinski definition) is 4. The van der Waals surface area contributed by atoms with E-state index in [4.69, 9.17) is 0 Å². The Morgan fingerprint density at radius 2 is 1.83 bits per heavy atom. The topological polar surface area (TPSA) is 85.2 Å². The molecule has 0 bridgehead atoms. The molecule has 1 heterocycles. The molecule has 0 unspecified atom stereocenters. The van der Waals surface area contributed by atoms with Crippen LogP contribution in [0.1, 0.15) is 28.8 Å². The molecular formula is C21H19IN2O4S. The minimum Gasteiger partial charge on any atom is -0.348 e. The average Bonchev–Trinajstić information content (AvgIpc) is 3.50. The molecule has 29 heavy (non-hydrogen) atoms. The standard InChI is InChI=1S/C21H19IN2O4S/c1-13-2-7-16(8-3-13)29(27,28)24-12-18(22)17-10-15(6-9-19(17)24)20(25)11-23-21(26)14-4-5-14/h2-3,6-10,12,14H,4-5,11H2,1H3,(H,23,26). The number of aromatic nitrogens is 1. The zero-order valence-electron chi connectivity index (χ0n) is 15.7. The molecule has 1 N–H and O–H groups in total. The second-order valence-corrected chi connectivity index (χ2v) is 10.2. The van der Waals surface area contributed by atoms with E-state index in [0.29, 0.717) is 16.5 Å². The van der Waals surface area contributed by atoms with Crippen LogP contribution in [0.5, 0.6) is 0 Å². The lowest BCUT2D eigenvalue weighted by Gasteiger charge is -2.08. The Bertz CT molecular complexity index is 1230. The summed E-state index contributed by atoms with van der Waals surface area (Å²) < 4.78 is 28.1. The van der Waals surface area contributed by atoms with Gasteiger partial charge in [-0.2, -0.15) is 0 Å². The van der Waals surface area contributed by atoms with Crippen molar-refractivity contribution >= 4 is 55.2 Å². The van der Waals surface area contributed by atoms with Gasteiger partial charge >= 0.3 is 0 Å². The number of benzene rings is 2. The van der Waals surface area contributed by atoms with E-state index in [-0.39, 0.29) is 29.0 Å². The predicted molar refractivity (Wildman–Crippen MR) is 118 cm³/mol. The molecule has 0 aliphatic heterocycles. The fourth-order valence-electron chi connectivity index (χ4n) is 3.12. The molecule has 1 aliphatic carbocycles. The monoisotopic (exact) mass is 522 g/mol. The molecule has 1 saturated carbocycles. The summed E-state index contributed by atoms with van der Waals surface area (Å²) in [5.74, 6) is -0.234. The third kappa shape index (κ3) is 3.95. The van der Waals surface area contributed by atoms with Crippen LogP contribution < -0.4 is 5.32 Å². The first kappa shape index (κ1) is 20.1. The Kier molecular flexibility index (Phi) is 5.24. The molecule has 6 nitrogen and oxygen atoms in total. The maximum Gasteiger partial charge on any atom is 0.268 e. The number of fused-ring (bicyclic) bond motifs is 1. The smallest absolute Gasteiger partial charge is 0.268 e. The number of rotatable bonds is 6. The van der Waals surface area contributed by atoms with Crippen LogP contribution in [-0.2, 0) is 14.8 Å². The Hall–Kier alpha value is -2.20. The fourth-order valence-corrected chi connectivity index (χ4v) is 5.39. The normalized spacial score (nSPS) is 14.1. The van der Waals surface area contributed by atoms with Crippen molar-refractivity contribution < 1.29 is 18.0 Å². The summed E-state index contributed by atoms with van der Waals surface area (Å²) in [5.41, 5.74) is 1.93. The molecule has 2 aromatic carbocycles. The molecule has 0 atom stereocenters. The van der Waals surface area contributed by atoms with Crippen LogP contribution in [0.3, 0.4) is 0 Å². The van der Waals surface area contributed by atoms with Gasteiger partial charge < -0.3 is 5.32 Å². The Balaban J connectivity index is 1.65. The highest BCUT2D eigenvalue weighted by atomic mass is 127. The number of halogens is 1. The van der Waals surface area contributed by atoms with Crippen molar-refractivity contribution in [2.45, 2.75) is 24.7 Å². The van der Waals surface area contributed by atoms with Crippen LogP contribution >= 0.6 is 22.6 Å². The first-order chi connectivity index (χ1) is 13.8. The minimum absolute atomic E-state index is 0.0484. The number of hydrogen-bond donors (Lipinski definition) is 1. The maximum atomic E-state index is 13.1. The summed E-state index contributed by atoms with van der Waals surface area (Å²) in [7, 11) is -3.75. The zero-order chi connectivity index (χ0) is 20.8. The number of aryl methyl sites for hydroxylation is 1. The molecule has 8 heteroatoms. The van der Waals surface area contributed by atoms with E-state index in [1.165, 1.54) is 3.97 Å². The first-order valence-corrected chi connectivity index (χ1v) is 11.7. The molecule has 0 saturated heterocycles. The van der Waals surface area contributed by atoms with Crippen LogP contribution in [-0.4, -0.2) is 30.6 Å². The first-order valence-electron chi connectivity index (χ1n) is 9.21. The van der Waals surface area contributed by atoms with Crippen LogP contribution in [0.25, 0.3) is 10.9 Å². The van der Waals surface area contributed by atoms with Crippen molar-refractivity contribution in [3.63, 3.8) is 0 Å². The van der Waals surface area contributed by atoms with Gasteiger partial charge in [0.25, 0.3) is 10.0 Å². The van der Waals surface area contributed by atoms with Gasteiger partial charge in [0.2, 0.25) is 5.91 Å². The molecule has 1 aliphatic rings. The molecule has 0 radical (unpaired) electrons. The quantitative estimate of drug-likeness (QED) is 0.397. The van der Waals surface area contributed by atoms with Crippen LogP contribution in [0.15, 0.2) is 53.6 Å². The summed E-state index contributed by atoms with van der Waals surface area (Å²) in [6.07, 6.45) is 3.32. The molecule has 4 rings (SSSR count). The van der Waals surface area contributed by atoms with Crippen molar-refractivity contribution in [2.75, 3.05) is 6.54 Å². The van der Waals surface area contributed by atoms with Crippen molar-refractivity contribution in [2.24, 2.45) is 5.92 Å². The lowest BCUT2D eigenvalue weighted by atomic mass is 10.1. The number of Topliss-reactive ketones (excluding diaryl/α,β-unsaturated/α-hetero) is 1. The van der Waals surface area contributed by atoms with Gasteiger partial charge in [-0.25, -0.2) is 12.4 Å². The number of ketones is 1. The third-order valence-electron chi connectivity index (χ3n) is 4.99. The van der Waals surface area contributed by atoms with E-state index >= 15 is 0 Å². The van der Waals surface area contributed by atoms with Gasteiger partial charge in [0, 0.05) is 26.6 Å². The number of carbonyl (C=O) groups is 2. The van der Waals surface area contributed by atoms with E-state index in [2.05, 4.69) is 27.9 Å². The summed E-state index contributed by atoms with van der Waals surface area (Å²) in [5, 5.41) is 3.35. The Morgan fingerprint density at radius 3 is 2.48 bits per heavy atom. The maximum absolute atomic E-state index is 13.1. The van der Waals surface area contributed by atoms with Crippen LogP contribution in [0, 0.1) is 16.4 Å². The summed E-state index contributed by atoms with van der Waals surface area (Å²) >= 11 is 2.07. The summed E-state index contributed by atoms with van der Waals surface area (Å²) in [6.45, 7) is 1.84. The van der Waals surface area contributed by atoms with Crippen molar-refractivity contribution in [1.29, 1.82) is 0 Å². The van der Waals surface area contributed by atoms with E-state index in [0.717, 1.165) is 22.0 Å². The van der Waals surface area contributed by atoms with E-state index < -0.39 is 10.0 Å². The van der Waals surface area contributed by atoms with Gasteiger partial charge in [-0.3, -0.25) is 9.59 Å². The Labute approximate surface area is 182 Å². The molecule has 1 aromatic heterocycles. The van der Waals surface area contributed by atoms with Gasteiger partial charge in [-0.1, -0.05) is 17.7 Å². The molecule has 1 amide bonds. The van der Waals surface area contributed by atoms with E-state index in [9.17, 15) is 18.0 Å². The number of carbonyl (C=O) groups excluding carboxylic acids is 2. The average molecular weight is 522 g/mol. The predicted octanol–water partition coefficient (Wildman–Crippen LogP) is 3.50. The highest BCUT2D eigenvalue weighted by molar-refractivity contribution is 14.1. The van der Waals surface area contributed by atoms with Gasteiger partial charge in [-0.15, -0.1) is 0 Å². The van der Waals surface area contributed by atoms with Crippen LogP contribution in [0.4, 0.5) is 0 Å². The van der Waals surface area contributed by atoms with E-state index in [1.54, 1.807) is 48.7 Å². The second-order valence-electron chi connectivity index (χ2n) is 7.24. The van der Waals surface area contributed by atoms with Crippen LogP contribution in [0.2, 0.25) is 0 Å². The Morgan fingerprint density at radius 1 is 1.14 bits per heavy atom. The molecule has 150 valence electrons. The van der Waals surface area contributed by atoms with Gasteiger partial charge in [-0.05, 0) is 72.7 Å². The lowest BCUT2D eigenvalue weighted by Crippen LogP contribution is -2.30. The highest BCUT2D eigenvalue weighted by Gasteiger charge is 2.29. The number of nitrogens with zero attached hydrogens (tertiary/aromatic N) is 1. The fraction of sp³-hybridized carbons (Fsp3) is 0.238. The molecule has 3 aromatic rings. The third-order valence-corrected chi connectivity index (χ3v) is 7.54. The summed E-state index contributed by atoms with van der Waals surface area (Å²) in [6, 6.07) is 11.6. The molecular weight excluding hydrogens is 503 g/mol. The molecule has 0 spiro atoms. The number of amides is 1. The van der Waals surface area contributed by atoms with Gasteiger partial charge in [0.15, 0.2) is 5.78 Å². The van der Waals surface area contributed by atoms with Crippen molar-refractivity contribution in [3.8, 4) is 0 Å². The lowest BCUT2D eigenvalue weighted by molar-refractivity contribution is -0.122. The van der Waals surface area contributed by atoms with Crippen molar-refractivity contribution in [3.05, 3.63) is 63.4 Å². The highest BCUT2D eigenvalue weighted by Crippen LogP contribution is 2.29.